The van der Waals surface area contributed by atoms with Gasteiger partial charge in [-0.2, -0.15) is 0 Å². The summed E-state index contributed by atoms with van der Waals surface area (Å²) in [7, 11) is 0.663. The third-order valence-corrected chi connectivity index (χ3v) is 2.99. The SMILES string of the molecule is CCCCCC(/C=C/O[B]O)OC1CCCCO1. The van der Waals surface area contributed by atoms with Crippen molar-refractivity contribution >= 4 is 7.69 Å². The Morgan fingerprint density at radius 1 is 1.44 bits per heavy atom. The van der Waals surface area contributed by atoms with Crippen LogP contribution in [0.2, 0.25) is 0 Å². The van der Waals surface area contributed by atoms with E-state index in [1.54, 1.807) is 0 Å². The Bertz CT molecular complexity index is 217. The van der Waals surface area contributed by atoms with Crippen LogP contribution >= 0.6 is 0 Å². The summed E-state index contributed by atoms with van der Waals surface area (Å²) >= 11 is 0. The summed E-state index contributed by atoms with van der Waals surface area (Å²) in [4.78, 5) is 0. The minimum absolute atomic E-state index is 0.000370. The van der Waals surface area contributed by atoms with E-state index < -0.39 is 0 Å². The summed E-state index contributed by atoms with van der Waals surface area (Å²) in [5, 5.41) is 8.45. The molecule has 0 saturated carbocycles. The van der Waals surface area contributed by atoms with Gasteiger partial charge in [0.25, 0.3) is 0 Å². The average Bonchev–Trinajstić information content (AvgIpc) is 2.40. The molecule has 0 aromatic rings. The quantitative estimate of drug-likeness (QED) is 0.390. The predicted octanol–water partition coefficient (Wildman–Crippen LogP) is 2.54. The molecule has 0 aromatic carbocycles. The Balaban J connectivity index is 2.31. The minimum Gasteiger partial charge on any atom is -0.543 e. The van der Waals surface area contributed by atoms with Crippen molar-refractivity contribution in [2.24, 2.45) is 0 Å². The Hall–Kier alpha value is -0.515. The molecule has 18 heavy (non-hydrogen) atoms. The van der Waals surface area contributed by atoms with Crippen molar-refractivity contribution in [2.45, 2.75) is 64.3 Å². The van der Waals surface area contributed by atoms with Crippen LogP contribution < -0.4 is 0 Å². The van der Waals surface area contributed by atoms with Crippen LogP contribution in [-0.4, -0.2) is 31.7 Å². The standard InChI is InChI=1S/C13H24BO4/c1-2-3-4-7-12(9-11-17-14-15)18-13-8-5-6-10-16-13/h9,11-13,15H,2-8,10H2,1H3/b11-9+. The molecule has 1 radical (unpaired) electrons. The smallest absolute Gasteiger partial charge is 0.543 e. The topological polar surface area (TPSA) is 47.9 Å². The van der Waals surface area contributed by atoms with Crippen molar-refractivity contribution in [1.82, 2.24) is 0 Å². The van der Waals surface area contributed by atoms with E-state index in [4.69, 9.17) is 14.5 Å². The molecule has 103 valence electrons. The van der Waals surface area contributed by atoms with E-state index in [2.05, 4.69) is 11.6 Å². The summed E-state index contributed by atoms with van der Waals surface area (Å²) in [6, 6.07) is 0. The average molecular weight is 255 g/mol. The van der Waals surface area contributed by atoms with Gasteiger partial charge in [-0.05, 0) is 31.8 Å². The molecule has 0 aromatic heterocycles. The Kier molecular flexibility index (Phi) is 8.99. The largest absolute Gasteiger partial charge is 0.568 e. The fraction of sp³-hybridized carbons (Fsp3) is 0.846. The maximum atomic E-state index is 8.45. The van der Waals surface area contributed by atoms with Crippen LogP contribution in [0.3, 0.4) is 0 Å². The van der Waals surface area contributed by atoms with Crippen molar-refractivity contribution in [1.29, 1.82) is 0 Å². The van der Waals surface area contributed by atoms with Gasteiger partial charge in [0, 0.05) is 6.61 Å². The Morgan fingerprint density at radius 3 is 3.00 bits per heavy atom. The van der Waals surface area contributed by atoms with Crippen LogP contribution in [0.4, 0.5) is 0 Å². The highest BCUT2D eigenvalue weighted by atomic mass is 16.7. The molecule has 1 aliphatic rings. The second-order valence-electron chi connectivity index (χ2n) is 4.54. The first-order chi connectivity index (χ1) is 8.86. The molecule has 0 spiro atoms. The van der Waals surface area contributed by atoms with E-state index in [-0.39, 0.29) is 12.4 Å². The molecule has 0 amide bonds. The van der Waals surface area contributed by atoms with Crippen LogP contribution in [0, 0.1) is 0 Å². The summed E-state index contributed by atoms with van der Waals surface area (Å²) in [6.45, 7) is 2.97. The van der Waals surface area contributed by atoms with E-state index >= 15 is 0 Å². The Labute approximate surface area is 111 Å². The molecule has 0 bridgehead atoms. The highest BCUT2D eigenvalue weighted by Crippen LogP contribution is 2.18. The van der Waals surface area contributed by atoms with E-state index in [1.165, 1.54) is 19.1 Å². The number of rotatable bonds is 9. The molecule has 2 atom stereocenters. The highest BCUT2D eigenvalue weighted by Gasteiger charge is 2.18. The summed E-state index contributed by atoms with van der Waals surface area (Å²) in [6.07, 6.45) is 10.9. The number of ether oxygens (including phenoxy) is 2. The lowest BCUT2D eigenvalue weighted by atomic mass is 10.1. The highest BCUT2D eigenvalue weighted by molar-refractivity contribution is 6.16. The normalized spacial score (nSPS) is 22.0. The number of hydrogen-bond acceptors (Lipinski definition) is 4. The van der Waals surface area contributed by atoms with Gasteiger partial charge in [0.15, 0.2) is 6.29 Å². The first-order valence-corrected chi connectivity index (χ1v) is 6.92. The third-order valence-electron chi connectivity index (χ3n) is 2.99. The minimum atomic E-state index is -0.0897. The Morgan fingerprint density at radius 2 is 2.33 bits per heavy atom. The zero-order chi connectivity index (χ0) is 13.1. The molecule has 0 aliphatic carbocycles. The molecule has 1 heterocycles. The first kappa shape index (κ1) is 15.5. The van der Waals surface area contributed by atoms with Gasteiger partial charge in [-0.15, -0.1) is 0 Å². The molecule has 1 N–H and O–H groups in total. The third kappa shape index (κ3) is 7.04. The fourth-order valence-corrected chi connectivity index (χ4v) is 1.99. The summed E-state index contributed by atoms with van der Waals surface area (Å²) in [5.41, 5.74) is 0. The molecular weight excluding hydrogens is 231 g/mol. The van der Waals surface area contributed by atoms with Crippen molar-refractivity contribution in [3.8, 4) is 0 Å². The van der Waals surface area contributed by atoms with Crippen molar-refractivity contribution in [2.75, 3.05) is 6.61 Å². The molecule has 5 heteroatoms. The molecule has 2 unspecified atom stereocenters. The van der Waals surface area contributed by atoms with Crippen molar-refractivity contribution in [3.63, 3.8) is 0 Å². The maximum absolute atomic E-state index is 8.45. The van der Waals surface area contributed by atoms with Crippen molar-refractivity contribution in [3.05, 3.63) is 12.3 Å². The van der Waals surface area contributed by atoms with E-state index in [1.807, 2.05) is 6.08 Å². The lowest BCUT2D eigenvalue weighted by Gasteiger charge is -2.26. The van der Waals surface area contributed by atoms with E-state index in [0.29, 0.717) is 7.69 Å². The van der Waals surface area contributed by atoms with Crippen LogP contribution in [0.25, 0.3) is 0 Å². The summed E-state index contributed by atoms with van der Waals surface area (Å²) < 4.78 is 16.2. The van der Waals surface area contributed by atoms with E-state index in [0.717, 1.165) is 38.7 Å². The van der Waals surface area contributed by atoms with E-state index in [9.17, 15) is 0 Å². The summed E-state index contributed by atoms with van der Waals surface area (Å²) in [5.74, 6) is 0. The van der Waals surface area contributed by atoms with Crippen LogP contribution in [-0.2, 0) is 14.1 Å². The van der Waals surface area contributed by atoms with Gasteiger partial charge >= 0.3 is 7.69 Å². The fourth-order valence-electron chi connectivity index (χ4n) is 1.99. The predicted molar refractivity (Wildman–Crippen MR) is 70.8 cm³/mol. The second kappa shape index (κ2) is 10.4. The first-order valence-electron chi connectivity index (χ1n) is 6.92. The van der Waals surface area contributed by atoms with Crippen LogP contribution in [0.15, 0.2) is 12.3 Å². The zero-order valence-corrected chi connectivity index (χ0v) is 11.2. The number of unbranched alkanes of at least 4 members (excludes halogenated alkanes) is 2. The molecule has 1 rings (SSSR count). The van der Waals surface area contributed by atoms with Gasteiger partial charge in [-0.1, -0.05) is 26.2 Å². The monoisotopic (exact) mass is 255 g/mol. The second-order valence-corrected chi connectivity index (χ2v) is 4.54. The van der Waals surface area contributed by atoms with Crippen LogP contribution in [0.1, 0.15) is 51.9 Å². The lowest BCUT2D eigenvalue weighted by Crippen LogP contribution is -2.27. The molecule has 1 fully saturated rings. The molecule has 1 aliphatic heterocycles. The maximum Gasteiger partial charge on any atom is 0.568 e. The zero-order valence-electron chi connectivity index (χ0n) is 11.2. The van der Waals surface area contributed by atoms with Gasteiger partial charge in [0.2, 0.25) is 0 Å². The van der Waals surface area contributed by atoms with Gasteiger partial charge in [-0.3, -0.25) is 0 Å². The lowest BCUT2D eigenvalue weighted by molar-refractivity contribution is -0.179. The molecule has 4 nitrogen and oxygen atoms in total. The van der Waals surface area contributed by atoms with Gasteiger partial charge in [0.1, 0.15) is 0 Å². The molecular formula is C13H24BO4. The molecule has 1 saturated heterocycles. The van der Waals surface area contributed by atoms with Gasteiger partial charge < -0.3 is 19.2 Å². The van der Waals surface area contributed by atoms with Crippen molar-refractivity contribution < 1.29 is 19.2 Å². The number of hydrogen-bond donors (Lipinski definition) is 1. The van der Waals surface area contributed by atoms with Gasteiger partial charge in [-0.25, -0.2) is 0 Å². The van der Waals surface area contributed by atoms with Gasteiger partial charge in [0.05, 0.1) is 12.4 Å². The van der Waals surface area contributed by atoms with Crippen LogP contribution in [0.5, 0.6) is 0 Å².